The fourth-order valence-corrected chi connectivity index (χ4v) is 4.33. The van der Waals surface area contributed by atoms with Gasteiger partial charge in [0.25, 0.3) is 6.43 Å². The standard InChI is InChI=1S/C15H19F2NO4S/c16-14(17)9-22-13-3-1-2-11(6-13)8-18-15(19)7-12-4-5-23(20,21)10-12/h1-3,6,12,14H,4-5,7-10H2,(H,18,19). The summed E-state index contributed by atoms with van der Waals surface area (Å²) in [7, 11) is -2.99. The molecular weight excluding hydrogens is 328 g/mol. The average molecular weight is 347 g/mol. The van der Waals surface area contributed by atoms with Gasteiger partial charge in [0.05, 0.1) is 11.5 Å². The number of hydrogen-bond acceptors (Lipinski definition) is 4. The van der Waals surface area contributed by atoms with Crippen molar-refractivity contribution >= 4 is 15.7 Å². The molecule has 1 saturated heterocycles. The minimum absolute atomic E-state index is 0.0668. The predicted octanol–water partition coefficient (Wildman–Crippen LogP) is 1.77. The van der Waals surface area contributed by atoms with Gasteiger partial charge in [0, 0.05) is 13.0 Å². The van der Waals surface area contributed by atoms with Crippen LogP contribution in [0.5, 0.6) is 5.75 Å². The smallest absolute Gasteiger partial charge is 0.272 e. The van der Waals surface area contributed by atoms with Gasteiger partial charge >= 0.3 is 0 Å². The Morgan fingerprint density at radius 2 is 2.17 bits per heavy atom. The zero-order valence-electron chi connectivity index (χ0n) is 12.5. The number of sulfone groups is 1. The maximum atomic E-state index is 12.1. The molecule has 1 aromatic rings. The van der Waals surface area contributed by atoms with Crippen LogP contribution in [0.1, 0.15) is 18.4 Å². The Morgan fingerprint density at radius 1 is 1.39 bits per heavy atom. The number of nitrogens with one attached hydrogen (secondary N) is 1. The molecule has 1 unspecified atom stereocenters. The van der Waals surface area contributed by atoms with E-state index in [-0.39, 0.29) is 36.3 Å². The number of alkyl halides is 2. The zero-order chi connectivity index (χ0) is 16.9. The largest absolute Gasteiger partial charge is 0.488 e. The Bertz CT molecular complexity index is 649. The molecule has 0 bridgehead atoms. The lowest BCUT2D eigenvalue weighted by Crippen LogP contribution is -2.25. The molecule has 1 fully saturated rings. The van der Waals surface area contributed by atoms with E-state index in [1.54, 1.807) is 24.3 Å². The van der Waals surface area contributed by atoms with Crippen LogP contribution in [0.4, 0.5) is 8.78 Å². The Morgan fingerprint density at radius 3 is 2.83 bits per heavy atom. The van der Waals surface area contributed by atoms with Crippen molar-refractivity contribution < 1.29 is 26.7 Å². The first kappa shape index (κ1) is 17.7. The second kappa shape index (κ2) is 7.72. The lowest BCUT2D eigenvalue weighted by Gasteiger charge is -2.10. The summed E-state index contributed by atoms with van der Waals surface area (Å²) in [5, 5.41) is 2.71. The first-order valence-electron chi connectivity index (χ1n) is 7.31. The van der Waals surface area contributed by atoms with Crippen molar-refractivity contribution in [2.24, 2.45) is 5.92 Å². The van der Waals surface area contributed by atoms with Gasteiger partial charge in [-0.05, 0) is 30.0 Å². The van der Waals surface area contributed by atoms with E-state index >= 15 is 0 Å². The van der Waals surface area contributed by atoms with Gasteiger partial charge in [-0.2, -0.15) is 0 Å². The van der Waals surface area contributed by atoms with Crippen LogP contribution in [0.25, 0.3) is 0 Å². The molecule has 1 atom stereocenters. The highest BCUT2D eigenvalue weighted by molar-refractivity contribution is 7.91. The second-order valence-electron chi connectivity index (χ2n) is 5.60. The van der Waals surface area contributed by atoms with Crippen molar-refractivity contribution in [3.05, 3.63) is 29.8 Å². The van der Waals surface area contributed by atoms with Crippen LogP contribution >= 0.6 is 0 Å². The third-order valence-corrected chi connectivity index (χ3v) is 5.40. The number of carbonyl (C=O) groups excluding carboxylic acids is 1. The van der Waals surface area contributed by atoms with Gasteiger partial charge < -0.3 is 10.1 Å². The molecule has 0 aromatic heterocycles. The third-order valence-electron chi connectivity index (χ3n) is 3.56. The van der Waals surface area contributed by atoms with Crippen LogP contribution in [-0.4, -0.2) is 38.9 Å². The van der Waals surface area contributed by atoms with Gasteiger partial charge in [0.2, 0.25) is 5.91 Å². The second-order valence-corrected chi connectivity index (χ2v) is 7.83. The summed E-state index contributed by atoms with van der Waals surface area (Å²) in [6.07, 6.45) is -1.84. The maximum absolute atomic E-state index is 12.1. The van der Waals surface area contributed by atoms with Crippen LogP contribution in [0, 0.1) is 5.92 Å². The van der Waals surface area contributed by atoms with E-state index in [2.05, 4.69) is 5.32 Å². The van der Waals surface area contributed by atoms with Crippen LogP contribution in [0.2, 0.25) is 0 Å². The molecule has 8 heteroatoms. The van der Waals surface area contributed by atoms with Gasteiger partial charge in [-0.25, -0.2) is 17.2 Å². The van der Waals surface area contributed by atoms with Gasteiger partial charge in [0.15, 0.2) is 9.84 Å². The van der Waals surface area contributed by atoms with Gasteiger partial charge in [0.1, 0.15) is 12.4 Å². The van der Waals surface area contributed by atoms with Crippen molar-refractivity contribution in [3.8, 4) is 5.75 Å². The van der Waals surface area contributed by atoms with E-state index in [9.17, 15) is 22.0 Å². The Hall–Kier alpha value is -1.70. The molecule has 1 N–H and O–H groups in total. The predicted molar refractivity (Wildman–Crippen MR) is 81.2 cm³/mol. The number of amides is 1. The normalized spacial score (nSPS) is 19.7. The average Bonchev–Trinajstić information content (AvgIpc) is 2.82. The van der Waals surface area contributed by atoms with Crippen molar-refractivity contribution in [2.75, 3.05) is 18.1 Å². The SMILES string of the molecule is O=C(CC1CCS(=O)(=O)C1)NCc1cccc(OCC(F)F)c1. The first-order chi connectivity index (χ1) is 10.8. The van der Waals surface area contributed by atoms with Gasteiger partial charge in [-0.15, -0.1) is 0 Å². The third kappa shape index (κ3) is 6.13. The topological polar surface area (TPSA) is 72.5 Å². The summed E-state index contributed by atoms with van der Waals surface area (Å²) in [4.78, 5) is 11.8. The highest BCUT2D eigenvalue weighted by atomic mass is 32.2. The van der Waals surface area contributed by atoms with E-state index < -0.39 is 22.9 Å². The molecule has 0 spiro atoms. The number of benzene rings is 1. The Balaban J connectivity index is 1.79. The molecule has 1 amide bonds. The van der Waals surface area contributed by atoms with Crippen molar-refractivity contribution in [3.63, 3.8) is 0 Å². The molecular formula is C15H19F2NO4S. The Labute approximate surface area is 133 Å². The first-order valence-corrected chi connectivity index (χ1v) is 9.13. The summed E-state index contributed by atoms with van der Waals surface area (Å²) in [5.41, 5.74) is 0.726. The van der Waals surface area contributed by atoms with Crippen LogP contribution in [0.3, 0.4) is 0 Å². The molecule has 1 heterocycles. The minimum atomic E-state index is -2.99. The lowest BCUT2D eigenvalue weighted by atomic mass is 10.0. The quantitative estimate of drug-likeness (QED) is 0.816. The summed E-state index contributed by atoms with van der Waals surface area (Å²) in [6, 6.07) is 6.56. The van der Waals surface area contributed by atoms with E-state index in [1.165, 1.54) is 0 Å². The van der Waals surface area contributed by atoms with Crippen molar-refractivity contribution in [1.29, 1.82) is 0 Å². The molecule has 0 saturated carbocycles. The van der Waals surface area contributed by atoms with Crippen LogP contribution in [-0.2, 0) is 21.2 Å². The summed E-state index contributed by atoms with van der Waals surface area (Å²) < 4.78 is 51.8. The fraction of sp³-hybridized carbons (Fsp3) is 0.533. The molecule has 2 rings (SSSR count). The van der Waals surface area contributed by atoms with Crippen molar-refractivity contribution in [2.45, 2.75) is 25.8 Å². The van der Waals surface area contributed by atoms with E-state index in [0.29, 0.717) is 12.2 Å². The lowest BCUT2D eigenvalue weighted by molar-refractivity contribution is -0.122. The molecule has 23 heavy (non-hydrogen) atoms. The number of hydrogen-bond donors (Lipinski definition) is 1. The van der Waals surface area contributed by atoms with E-state index in [0.717, 1.165) is 5.56 Å². The van der Waals surface area contributed by atoms with Crippen molar-refractivity contribution in [1.82, 2.24) is 5.32 Å². The molecule has 0 aliphatic carbocycles. The molecule has 1 aromatic carbocycles. The highest BCUT2D eigenvalue weighted by Gasteiger charge is 2.29. The molecule has 5 nitrogen and oxygen atoms in total. The summed E-state index contributed by atoms with van der Waals surface area (Å²) in [6.45, 7) is -0.434. The Kier molecular flexibility index (Phi) is 5.92. The van der Waals surface area contributed by atoms with E-state index in [4.69, 9.17) is 4.74 Å². The number of rotatable bonds is 7. The molecule has 1 aliphatic heterocycles. The number of ether oxygens (including phenoxy) is 1. The summed E-state index contributed by atoms with van der Waals surface area (Å²) >= 11 is 0. The highest BCUT2D eigenvalue weighted by Crippen LogP contribution is 2.21. The van der Waals surface area contributed by atoms with Gasteiger partial charge in [-0.1, -0.05) is 12.1 Å². The van der Waals surface area contributed by atoms with E-state index in [1.807, 2.05) is 0 Å². The minimum Gasteiger partial charge on any atom is -0.488 e. The van der Waals surface area contributed by atoms with Gasteiger partial charge in [-0.3, -0.25) is 4.79 Å². The van der Waals surface area contributed by atoms with Crippen LogP contribution < -0.4 is 10.1 Å². The molecule has 1 aliphatic rings. The summed E-state index contributed by atoms with van der Waals surface area (Å²) in [5.74, 6) is 0.192. The van der Waals surface area contributed by atoms with Crippen LogP contribution in [0.15, 0.2) is 24.3 Å². The zero-order valence-corrected chi connectivity index (χ0v) is 13.3. The number of carbonyl (C=O) groups is 1. The molecule has 128 valence electrons. The number of halogens is 2. The monoisotopic (exact) mass is 347 g/mol. The fourth-order valence-electron chi connectivity index (χ4n) is 2.47. The maximum Gasteiger partial charge on any atom is 0.272 e. The molecule has 0 radical (unpaired) electrons.